The predicted molar refractivity (Wildman–Crippen MR) is 123 cm³/mol. The molecule has 0 saturated heterocycles. The first-order valence-electron chi connectivity index (χ1n) is 9.81. The van der Waals surface area contributed by atoms with E-state index in [4.69, 9.17) is 4.74 Å². The fourth-order valence-electron chi connectivity index (χ4n) is 3.42. The second-order valence-corrected chi connectivity index (χ2v) is 7.17. The van der Waals surface area contributed by atoms with Gasteiger partial charge in [-0.15, -0.1) is 12.4 Å². The van der Waals surface area contributed by atoms with Crippen molar-refractivity contribution in [3.05, 3.63) is 101 Å². The van der Waals surface area contributed by atoms with E-state index >= 15 is 0 Å². The van der Waals surface area contributed by atoms with Gasteiger partial charge in [0.05, 0.1) is 0 Å². The van der Waals surface area contributed by atoms with E-state index in [9.17, 15) is 0 Å². The molecule has 1 heterocycles. The van der Waals surface area contributed by atoms with Gasteiger partial charge in [-0.2, -0.15) is 0 Å². The second-order valence-electron chi connectivity index (χ2n) is 7.17. The predicted octanol–water partition coefficient (Wildman–Crippen LogP) is 5.81. The third-order valence-electron chi connectivity index (χ3n) is 5.05. The highest BCUT2D eigenvalue weighted by molar-refractivity contribution is 5.85. The summed E-state index contributed by atoms with van der Waals surface area (Å²) in [6, 6.07) is 25.2. The Morgan fingerprint density at radius 2 is 1.62 bits per heavy atom. The van der Waals surface area contributed by atoms with E-state index in [-0.39, 0.29) is 12.4 Å². The highest BCUT2D eigenvalue weighted by atomic mass is 35.5. The van der Waals surface area contributed by atoms with Crippen LogP contribution in [0.1, 0.15) is 22.3 Å². The van der Waals surface area contributed by atoms with Crippen molar-refractivity contribution in [2.24, 2.45) is 0 Å². The SMILES string of the molecule is Cc1ccc(COc2ccccc2CNCCc2c[nH]c3ccccc23)cc1.Cl. The molecule has 0 radical (unpaired) electrons. The number of aromatic amines is 1. The molecule has 150 valence electrons. The van der Waals surface area contributed by atoms with Crippen LogP contribution in [0.3, 0.4) is 0 Å². The van der Waals surface area contributed by atoms with Crippen LogP contribution < -0.4 is 10.1 Å². The summed E-state index contributed by atoms with van der Waals surface area (Å²) in [6.07, 6.45) is 3.11. The number of H-pyrrole nitrogens is 1. The Kier molecular flexibility index (Phi) is 7.34. The summed E-state index contributed by atoms with van der Waals surface area (Å²) in [4.78, 5) is 3.34. The molecule has 0 atom stereocenters. The summed E-state index contributed by atoms with van der Waals surface area (Å²) < 4.78 is 6.08. The van der Waals surface area contributed by atoms with Crippen LogP contribution in [0.25, 0.3) is 10.9 Å². The van der Waals surface area contributed by atoms with E-state index in [1.807, 2.05) is 12.1 Å². The van der Waals surface area contributed by atoms with Crippen molar-refractivity contribution in [1.82, 2.24) is 10.3 Å². The Bertz CT molecular complexity index is 1040. The summed E-state index contributed by atoms with van der Waals surface area (Å²) in [5.74, 6) is 0.947. The average molecular weight is 407 g/mol. The number of halogens is 1. The summed E-state index contributed by atoms with van der Waals surface area (Å²) in [5.41, 5.74) is 6.20. The lowest BCUT2D eigenvalue weighted by molar-refractivity contribution is 0.302. The molecule has 0 aliphatic heterocycles. The van der Waals surface area contributed by atoms with Gasteiger partial charge >= 0.3 is 0 Å². The minimum absolute atomic E-state index is 0. The fraction of sp³-hybridized carbons (Fsp3) is 0.200. The molecular formula is C25H27ClN2O. The summed E-state index contributed by atoms with van der Waals surface area (Å²) in [6.45, 7) is 4.41. The number of aromatic nitrogens is 1. The first-order chi connectivity index (χ1) is 13.8. The van der Waals surface area contributed by atoms with Gasteiger partial charge in [0.1, 0.15) is 12.4 Å². The maximum Gasteiger partial charge on any atom is 0.124 e. The molecule has 0 saturated carbocycles. The first-order valence-corrected chi connectivity index (χ1v) is 9.81. The number of para-hydroxylation sites is 2. The molecular weight excluding hydrogens is 380 g/mol. The summed E-state index contributed by atoms with van der Waals surface area (Å²) in [7, 11) is 0. The summed E-state index contributed by atoms with van der Waals surface area (Å²) in [5, 5.41) is 4.87. The minimum Gasteiger partial charge on any atom is -0.489 e. The normalized spacial score (nSPS) is 10.7. The lowest BCUT2D eigenvalue weighted by Crippen LogP contribution is -2.17. The van der Waals surface area contributed by atoms with Gasteiger partial charge in [-0.1, -0.05) is 66.2 Å². The Morgan fingerprint density at radius 1 is 0.862 bits per heavy atom. The van der Waals surface area contributed by atoms with Gasteiger partial charge in [-0.3, -0.25) is 0 Å². The van der Waals surface area contributed by atoms with E-state index in [1.165, 1.54) is 33.2 Å². The van der Waals surface area contributed by atoms with Crippen LogP contribution in [0.5, 0.6) is 5.75 Å². The molecule has 3 aromatic carbocycles. The van der Waals surface area contributed by atoms with Crippen molar-refractivity contribution in [3.8, 4) is 5.75 Å². The summed E-state index contributed by atoms with van der Waals surface area (Å²) >= 11 is 0. The Morgan fingerprint density at radius 3 is 2.48 bits per heavy atom. The third kappa shape index (κ3) is 5.41. The third-order valence-corrected chi connectivity index (χ3v) is 5.05. The van der Waals surface area contributed by atoms with E-state index in [0.29, 0.717) is 6.61 Å². The molecule has 0 fully saturated rings. The van der Waals surface area contributed by atoms with Gasteiger partial charge in [-0.25, -0.2) is 0 Å². The van der Waals surface area contributed by atoms with Crippen molar-refractivity contribution in [3.63, 3.8) is 0 Å². The van der Waals surface area contributed by atoms with Gasteiger partial charge in [0, 0.05) is 29.2 Å². The zero-order valence-electron chi connectivity index (χ0n) is 16.7. The maximum atomic E-state index is 6.08. The molecule has 0 bridgehead atoms. The van der Waals surface area contributed by atoms with Gasteiger partial charge < -0.3 is 15.0 Å². The Labute approximate surface area is 178 Å². The molecule has 0 aliphatic rings. The van der Waals surface area contributed by atoms with Crippen LogP contribution in [0, 0.1) is 6.92 Å². The van der Waals surface area contributed by atoms with E-state index in [2.05, 4.69) is 84.1 Å². The van der Waals surface area contributed by atoms with E-state index in [1.54, 1.807) is 0 Å². The van der Waals surface area contributed by atoms with Crippen molar-refractivity contribution < 1.29 is 4.74 Å². The second kappa shape index (κ2) is 10.1. The number of benzene rings is 3. The zero-order chi connectivity index (χ0) is 19.2. The minimum atomic E-state index is 0. The van der Waals surface area contributed by atoms with Crippen LogP contribution >= 0.6 is 12.4 Å². The van der Waals surface area contributed by atoms with Crippen LogP contribution in [0.2, 0.25) is 0 Å². The standard InChI is InChI=1S/C25H26N2O.ClH/c1-19-10-12-20(13-11-19)18-28-25-9-5-2-6-22(25)16-26-15-14-21-17-27-24-8-4-3-7-23(21)24;/h2-13,17,26-27H,14-16,18H2,1H3;1H. The number of hydrogen-bond donors (Lipinski definition) is 2. The molecule has 1 aromatic heterocycles. The molecule has 0 aliphatic carbocycles. The molecule has 4 aromatic rings. The van der Waals surface area contributed by atoms with Gasteiger partial charge in [0.2, 0.25) is 0 Å². The molecule has 4 heteroatoms. The van der Waals surface area contributed by atoms with Crippen molar-refractivity contribution in [1.29, 1.82) is 0 Å². The molecule has 3 nitrogen and oxygen atoms in total. The van der Waals surface area contributed by atoms with Gasteiger partial charge in [0.15, 0.2) is 0 Å². The lowest BCUT2D eigenvalue weighted by Gasteiger charge is -2.12. The molecule has 0 unspecified atom stereocenters. The molecule has 29 heavy (non-hydrogen) atoms. The van der Waals surface area contributed by atoms with E-state index < -0.39 is 0 Å². The molecule has 0 amide bonds. The number of nitrogens with one attached hydrogen (secondary N) is 2. The number of rotatable bonds is 8. The molecule has 0 spiro atoms. The van der Waals surface area contributed by atoms with Crippen molar-refractivity contribution >= 4 is 23.3 Å². The number of fused-ring (bicyclic) bond motifs is 1. The van der Waals surface area contributed by atoms with Crippen LogP contribution in [0.4, 0.5) is 0 Å². The topological polar surface area (TPSA) is 37.0 Å². The van der Waals surface area contributed by atoms with E-state index in [0.717, 1.165) is 25.3 Å². The molecule has 2 N–H and O–H groups in total. The Balaban J connectivity index is 0.00000240. The molecule has 4 rings (SSSR count). The Hall–Kier alpha value is -2.75. The first kappa shape index (κ1) is 21.0. The zero-order valence-corrected chi connectivity index (χ0v) is 17.5. The number of ether oxygens (including phenoxy) is 1. The maximum absolute atomic E-state index is 6.08. The fourth-order valence-corrected chi connectivity index (χ4v) is 3.42. The smallest absolute Gasteiger partial charge is 0.124 e. The van der Waals surface area contributed by atoms with Crippen molar-refractivity contribution in [2.45, 2.75) is 26.5 Å². The number of aryl methyl sites for hydroxylation is 1. The van der Waals surface area contributed by atoms with Gasteiger partial charge in [-0.05, 0) is 43.1 Å². The van der Waals surface area contributed by atoms with Crippen LogP contribution in [-0.2, 0) is 19.6 Å². The van der Waals surface area contributed by atoms with Crippen molar-refractivity contribution in [2.75, 3.05) is 6.54 Å². The highest BCUT2D eigenvalue weighted by Gasteiger charge is 2.05. The number of hydrogen-bond acceptors (Lipinski definition) is 2. The van der Waals surface area contributed by atoms with Crippen LogP contribution in [-0.4, -0.2) is 11.5 Å². The highest BCUT2D eigenvalue weighted by Crippen LogP contribution is 2.20. The average Bonchev–Trinajstić information content (AvgIpc) is 3.15. The quantitative estimate of drug-likeness (QED) is 0.362. The van der Waals surface area contributed by atoms with Gasteiger partial charge in [0.25, 0.3) is 0 Å². The largest absolute Gasteiger partial charge is 0.489 e. The monoisotopic (exact) mass is 406 g/mol. The lowest BCUT2D eigenvalue weighted by atomic mass is 10.1. The van der Waals surface area contributed by atoms with Crippen LogP contribution in [0.15, 0.2) is 79.0 Å².